The fourth-order valence-corrected chi connectivity index (χ4v) is 2.70. The van der Waals surface area contributed by atoms with E-state index in [0.29, 0.717) is 21.5 Å². The number of nitrogens with zero attached hydrogens (tertiary/aromatic N) is 1. The molecule has 2 rings (SSSR count). The Hall–Kier alpha value is -0.730. The van der Waals surface area contributed by atoms with Crippen molar-refractivity contribution in [2.75, 3.05) is 13.1 Å². The van der Waals surface area contributed by atoms with Crippen LogP contribution in [0.25, 0.3) is 0 Å². The van der Waals surface area contributed by atoms with Gasteiger partial charge in [-0.25, -0.2) is 0 Å². The molecule has 1 saturated heterocycles. The quantitative estimate of drug-likeness (QED) is 0.760. The van der Waals surface area contributed by atoms with Crippen molar-refractivity contribution in [1.29, 1.82) is 0 Å². The van der Waals surface area contributed by atoms with Gasteiger partial charge in [0, 0.05) is 18.1 Å². The normalized spacial score (nSPS) is 20.4. The Kier molecular flexibility index (Phi) is 3.95. The third-order valence-corrected chi connectivity index (χ3v) is 3.65. The third-order valence-electron chi connectivity index (χ3n) is 3.11. The molecule has 1 aliphatic heterocycles. The van der Waals surface area contributed by atoms with E-state index in [1.165, 1.54) is 6.42 Å². The second kappa shape index (κ2) is 5.28. The second-order valence-corrected chi connectivity index (χ2v) is 5.47. The molecule has 1 aromatic rings. The van der Waals surface area contributed by atoms with Crippen LogP contribution in [-0.2, 0) is 0 Å². The molecule has 0 aromatic heterocycles. The molecule has 92 valence electrons. The fourth-order valence-electron chi connectivity index (χ4n) is 2.21. The van der Waals surface area contributed by atoms with Gasteiger partial charge in [-0.3, -0.25) is 4.79 Å². The fraction of sp³-hybridized carbons (Fsp3) is 0.462. The standard InChI is InChI=1S/C13H15Cl2NO/c1-9-3-2-6-16(8-9)13(17)11-5-4-10(14)7-12(11)15/h4-5,7,9H,2-3,6,8H2,1H3/t9-/m1/s1. The van der Waals surface area contributed by atoms with Crippen LogP contribution in [0, 0.1) is 5.92 Å². The molecule has 1 aliphatic rings. The van der Waals surface area contributed by atoms with Crippen LogP contribution in [0.15, 0.2) is 18.2 Å². The lowest BCUT2D eigenvalue weighted by atomic mass is 9.99. The van der Waals surface area contributed by atoms with Crippen LogP contribution in [0.1, 0.15) is 30.1 Å². The largest absolute Gasteiger partial charge is 0.338 e. The molecule has 2 nitrogen and oxygen atoms in total. The number of rotatable bonds is 1. The lowest BCUT2D eigenvalue weighted by Crippen LogP contribution is -2.39. The lowest BCUT2D eigenvalue weighted by Gasteiger charge is -2.31. The molecule has 0 unspecified atom stereocenters. The van der Waals surface area contributed by atoms with Crippen LogP contribution in [0.4, 0.5) is 0 Å². The Morgan fingerprint density at radius 3 is 2.82 bits per heavy atom. The predicted molar refractivity (Wildman–Crippen MR) is 70.8 cm³/mol. The summed E-state index contributed by atoms with van der Waals surface area (Å²) in [6, 6.07) is 5.02. The summed E-state index contributed by atoms with van der Waals surface area (Å²) in [7, 11) is 0. The van der Waals surface area contributed by atoms with Gasteiger partial charge in [-0.1, -0.05) is 30.1 Å². The molecule has 1 fully saturated rings. The van der Waals surface area contributed by atoms with Crippen LogP contribution in [-0.4, -0.2) is 23.9 Å². The maximum absolute atomic E-state index is 12.3. The molecule has 0 spiro atoms. The monoisotopic (exact) mass is 271 g/mol. The molecule has 4 heteroatoms. The first-order valence-corrected chi connectivity index (χ1v) is 6.58. The van der Waals surface area contributed by atoms with Gasteiger partial charge in [0.25, 0.3) is 5.91 Å². The predicted octanol–water partition coefficient (Wildman–Crippen LogP) is 3.87. The zero-order valence-corrected chi connectivity index (χ0v) is 11.3. The highest BCUT2D eigenvalue weighted by Crippen LogP contribution is 2.24. The molecule has 0 saturated carbocycles. The van der Waals surface area contributed by atoms with Crippen molar-refractivity contribution in [3.05, 3.63) is 33.8 Å². The average Bonchev–Trinajstić information content (AvgIpc) is 2.28. The number of likely N-dealkylation sites (tertiary alicyclic amines) is 1. The van der Waals surface area contributed by atoms with Gasteiger partial charge in [0.15, 0.2) is 0 Å². The molecule has 1 atom stereocenters. The molecule has 0 aliphatic carbocycles. The van der Waals surface area contributed by atoms with Crippen molar-refractivity contribution in [3.63, 3.8) is 0 Å². The van der Waals surface area contributed by atoms with Crippen molar-refractivity contribution in [1.82, 2.24) is 4.90 Å². The highest BCUT2D eigenvalue weighted by atomic mass is 35.5. The highest BCUT2D eigenvalue weighted by molar-refractivity contribution is 6.36. The summed E-state index contributed by atoms with van der Waals surface area (Å²) in [6.45, 7) is 3.81. The summed E-state index contributed by atoms with van der Waals surface area (Å²) in [5.74, 6) is 0.581. The van der Waals surface area contributed by atoms with Gasteiger partial charge >= 0.3 is 0 Å². The Balaban J connectivity index is 2.18. The topological polar surface area (TPSA) is 20.3 Å². The maximum atomic E-state index is 12.3. The first-order valence-electron chi connectivity index (χ1n) is 5.82. The summed E-state index contributed by atoms with van der Waals surface area (Å²) in [5.41, 5.74) is 0.546. The van der Waals surface area contributed by atoms with Crippen molar-refractivity contribution < 1.29 is 4.79 Å². The number of carbonyl (C=O) groups excluding carboxylic acids is 1. The zero-order chi connectivity index (χ0) is 12.4. The van der Waals surface area contributed by atoms with Gasteiger partial charge in [-0.05, 0) is 37.0 Å². The molecule has 0 N–H and O–H groups in total. The average molecular weight is 272 g/mol. The number of hydrogen-bond acceptors (Lipinski definition) is 1. The van der Waals surface area contributed by atoms with Gasteiger partial charge in [-0.15, -0.1) is 0 Å². The van der Waals surface area contributed by atoms with Crippen molar-refractivity contribution in [3.8, 4) is 0 Å². The van der Waals surface area contributed by atoms with E-state index in [1.807, 2.05) is 4.90 Å². The number of piperidine rings is 1. The molecule has 1 heterocycles. The van der Waals surface area contributed by atoms with E-state index in [2.05, 4.69) is 6.92 Å². The smallest absolute Gasteiger partial charge is 0.255 e. The summed E-state index contributed by atoms with van der Waals surface area (Å²) in [6.07, 6.45) is 2.26. The first-order chi connectivity index (χ1) is 8.08. The number of hydrogen-bond donors (Lipinski definition) is 0. The SMILES string of the molecule is C[C@@H]1CCCN(C(=O)c2ccc(Cl)cc2Cl)C1. The Morgan fingerprint density at radius 1 is 1.41 bits per heavy atom. The molecule has 17 heavy (non-hydrogen) atoms. The van der Waals surface area contributed by atoms with Crippen LogP contribution in [0.2, 0.25) is 10.0 Å². The Morgan fingerprint density at radius 2 is 2.18 bits per heavy atom. The summed E-state index contributed by atoms with van der Waals surface area (Å²) in [5, 5.41) is 0.985. The number of benzene rings is 1. The molecular weight excluding hydrogens is 257 g/mol. The second-order valence-electron chi connectivity index (χ2n) is 4.62. The van der Waals surface area contributed by atoms with Gasteiger partial charge in [0.05, 0.1) is 10.6 Å². The van der Waals surface area contributed by atoms with E-state index in [0.717, 1.165) is 19.5 Å². The zero-order valence-electron chi connectivity index (χ0n) is 9.75. The van der Waals surface area contributed by atoms with Crippen LogP contribution in [0.5, 0.6) is 0 Å². The van der Waals surface area contributed by atoms with Crippen LogP contribution >= 0.6 is 23.2 Å². The Bertz CT molecular complexity index is 433. The van der Waals surface area contributed by atoms with Crippen LogP contribution < -0.4 is 0 Å². The molecule has 1 amide bonds. The van der Waals surface area contributed by atoms with Crippen LogP contribution in [0.3, 0.4) is 0 Å². The molecule has 0 bridgehead atoms. The number of carbonyl (C=O) groups is 1. The third kappa shape index (κ3) is 2.93. The summed E-state index contributed by atoms with van der Waals surface area (Å²) < 4.78 is 0. The van der Waals surface area contributed by atoms with Crippen molar-refractivity contribution in [2.24, 2.45) is 5.92 Å². The molecule has 1 aromatic carbocycles. The van der Waals surface area contributed by atoms with E-state index >= 15 is 0 Å². The molecule has 0 radical (unpaired) electrons. The van der Waals surface area contributed by atoms with E-state index in [9.17, 15) is 4.79 Å². The minimum Gasteiger partial charge on any atom is -0.338 e. The van der Waals surface area contributed by atoms with Crippen molar-refractivity contribution in [2.45, 2.75) is 19.8 Å². The number of amides is 1. The molecular formula is C13H15Cl2NO. The maximum Gasteiger partial charge on any atom is 0.255 e. The van der Waals surface area contributed by atoms with E-state index in [-0.39, 0.29) is 5.91 Å². The van der Waals surface area contributed by atoms with Gasteiger partial charge in [-0.2, -0.15) is 0 Å². The van der Waals surface area contributed by atoms with Gasteiger partial charge in [0.2, 0.25) is 0 Å². The summed E-state index contributed by atoms with van der Waals surface area (Å²) >= 11 is 11.9. The van der Waals surface area contributed by atoms with Gasteiger partial charge in [0.1, 0.15) is 0 Å². The van der Waals surface area contributed by atoms with E-state index in [1.54, 1.807) is 18.2 Å². The minimum absolute atomic E-state index is 0.0122. The van der Waals surface area contributed by atoms with E-state index in [4.69, 9.17) is 23.2 Å². The lowest BCUT2D eigenvalue weighted by molar-refractivity contribution is 0.0683. The van der Waals surface area contributed by atoms with E-state index < -0.39 is 0 Å². The minimum atomic E-state index is 0.0122. The number of halogens is 2. The summed E-state index contributed by atoms with van der Waals surface area (Å²) in [4.78, 5) is 14.2. The van der Waals surface area contributed by atoms with Crippen molar-refractivity contribution >= 4 is 29.1 Å². The highest BCUT2D eigenvalue weighted by Gasteiger charge is 2.23. The first kappa shape index (κ1) is 12.7. The van der Waals surface area contributed by atoms with Gasteiger partial charge < -0.3 is 4.90 Å². The Labute approximate surface area is 112 Å².